The van der Waals surface area contributed by atoms with Crippen molar-refractivity contribution in [3.05, 3.63) is 176 Å². The molecule has 7 aromatic carbocycles. The van der Waals surface area contributed by atoms with E-state index in [1.807, 2.05) is 0 Å². The summed E-state index contributed by atoms with van der Waals surface area (Å²) >= 11 is 13.8. The number of nitrogens with two attached hydrogens (primary N) is 2. The predicted octanol–water partition coefficient (Wildman–Crippen LogP) is 4.75. The fourth-order valence-electron chi connectivity index (χ4n) is 10.7. The minimum absolute atomic E-state index is 0.0931. The fourth-order valence-corrected chi connectivity index (χ4v) is 11.1. The van der Waals surface area contributed by atoms with E-state index in [4.69, 9.17) is 48.9 Å². The number of fused-ring (bicyclic) bond motifs is 15. The highest BCUT2D eigenvalue weighted by Crippen LogP contribution is 2.47. The molecule has 0 radical (unpaired) electrons. The number of halogens is 2. The maximum atomic E-state index is 15.7. The van der Waals surface area contributed by atoms with Gasteiger partial charge in [-0.1, -0.05) is 53.5 Å². The third kappa shape index (κ3) is 15.5. The van der Waals surface area contributed by atoms with E-state index in [0.29, 0.717) is 38.0 Å². The van der Waals surface area contributed by atoms with Gasteiger partial charge in [-0.2, -0.15) is 0 Å². The van der Waals surface area contributed by atoms with Gasteiger partial charge in [0, 0.05) is 25.1 Å². The number of hydrogen-bond acceptors (Lipinski definition) is 20. The van der Waals surface area contributed by atoms with E-state index in [1.165, 1.54) is 66.7 Å². The second-order valence-electron chi connectivity index (χ2n) is 22.3. The van der Waals surface area contributed by atoms with Crippen LogP contribution in [-0.2, 0) is 40.0 Å². The van der Waals surface area contributed by atoms with Crippen LogP contribution in [-0.4, -0.2) is 115 Å². The van der Waals surface area contributed by atoms with Crippen molar-refractivity contribution < 1.29 is 83.5 Å². The van der Waals surface area contributed by atoms with Gasteiger partial charge in [0.05, 0.1) is 10.0 Å². The van der Waals surface area contributed by atoms with E-state index in [1.54, 1.807) is 0 Å². The highest BCUT2D eigenvalue weighted by atomic mass is 35.5. The van der Waals surface area contributed by atoms with Crippen molar-refractivity contribution in [2.24, 2.45) is 11.5 Å². The molecule has 5 aliphatic heterocycles. The Morgan fingerprint density at radius 3 is 1.76 bits per heavy atom. The van der Waals surface area contributed by atoms with E-state index >= 15 is 19.2 Å². The van der Waals surface area contributed by atoms with Gasteiger partial charge < -0.3 is 104 Å². The predicted molar refractivity (Wildman–Crippen MR) is 337 cm³/mol. The van der Waals surface area contributed by atoms with Crippen LogP contribution in [0.25, 0.3) is 0 Å². The summed E-state index contributed by atoms with van der Waals surface area (Å²) in [4.78, 5) is 105. The number of carbonyl (C=O) groups excluding carboxylic acids is 7. The van der Waals surface area contributed by atoms with Crippen LogP contribution in [0, 0.1) is 0 Å². The Balaban J connectivity index is 1.10. The quantitative estimate of drug-likeness (QED) is 0.0692. The van der Waals surface area contributed by atoms with E-state index < -0.39 is 130 Å². The van der Waals surface area contributed by atoms with E-state index in [-0.39, 0.29) is 85.1 Å². The Morgan fingerprint density at radius 2 is 1.10 bits per heavy atom. The molecule has 27 nitrogen and oxygen atoms in total. The zero-order valence-electron chi connectivity index (χ0n) is 49.5. The van der Waals surface area contributed by atoms with Crippen molar-refractivity contribution >= 4 is 64.6 Å². The lowest BCUT2D eigenvalue weighted by Gasteiger charge is -2.30. The van der Waals surface area contributed by atoms with Crippen LogP contribution in [0.2, 0.25) is 10.0 Å². The van der Waals surface area contributed by atoms with E-state index in [0.717, 1.165) is 67.1 Å². The van der Waals surface area contributed by atoms with Crippen molar-refractivity contribution in [3.8, 4) is 69.0 Å². The zero-order valence-corrected chi connectivity index (χ0v) is 51.0. The molecule has 0 saturated heterocycles. The second-order valence-corrected chi connectivity index (χ2v) is 23.1. The summed E-state index contributed by atoms with van der Waals surface area (Å²) in [6.45, 7) is 1.88. The van der Waals surface area contributed by atoms with Gasteiger partial charge in [-0.3, -0.25) is 33.6 Å². The van der Waals surface area contributed by atoms with Gasteiger partial charge in [0.2, 0.25) is 47.1 Å². The van der Waals surface area contributed by atoms with Gasteiger partial charge >= 0.3 is 0 Å². The molecule has 5 heterocycles. The molecule has 8 atom stereocenters. The summed E-state index contributed by atoms with van der Waals surface area (Å²) < 4.78 is 18.5. The monoisotopic (exact) mass is 1330 g/mol. The maximum Gasteiger partial charge on any atom is 0.248 e. The van der Waals surface area contributed by atoms with Crippen molar-refractivity contribution in [1.82, 2.24) is 42.5 Å². The SMILES string of the molecule is NCCCNCCCCNC(=O)C(NC(=O)C1NC(=O)C(c2ccc(O)cc2)NC(=O)C2NC(=O)C3NC(=O)C(Cc4ccc(c(Cl)c4)Oc4cc2cc(c4O)Oc2ccc(cc2Cl)C1O)NC(=O)C(N)c1ccc(O)c(c1)Oc1cc(O)cc3c1)c1cc(O)cc(O)c1. The highest BCUT2D eigenvalue weighted by molar-refractivity contribution is 6.32. The first-order valence-corrected chi connectivity index (χ1v) is 30.2. The molecule has 8 unspecified atom stereocenters. The lowest BCUT2D eigenvalue weighted by atomic mass is 9.97. The molecule has 0 aliphatic carbocycles. The van der Waals surface area contributed by atoms with Crippen molar-refractivity contribution in [1.29, 1.82) is 0 Å². The van der Waals surface area contributed by atoms with Crippen molar-refractivity contribution in [2.75, 3.05) is 26.2 Å². The van der Waals surface area contributed by atoms with Crippen molar-refractivity contribution in [3.63, 3.8) is 0 Å². The number of nitrogens with one attached hydrogen (secondary N) is 8. The number of phenols is 6. The molecule has 0 fully saturated rings. The number of carbonyl (C=O) groups is 7. The molecule has 19 N–H and O–H groups in total. The van der Waals surface area contributed by atoms with Crippen LogP contribution in [0.1, 0.15) is 94.5 Å². The Bertz CT molecular complexity index is 4070. The number of ether oxygens (including phenoxy) is 3. The molecule has 0 saturated carbocycles. The van der Waals surface area contributed by atoms with Crippen LogP contribution in [0.15, 0.2) is 127 Å². The van der Waals surface area contributed by atoms with Crippen LogP contribution < -0.4 is 68.2 Å². The van der Waals surface area contributed by atoms with E-state index in [2.05, 4.69) is 42.5 Å². The summed E-state index contributed by atoms with van der Waals surface area (Å²) in [5.41, 5.74) is 11.6. The molecular weight excluding hydrogens is 1260 g/mol. The normalized spacial score (nSPS) is 20.0. The first kappa shape index (κ1) is 66.4. The van der Waals surface area contributed by atoms with E-state index in [9.17, 15) is 50.1 Å². The third-order valence-corrected chi connectivity index (χ3v) is 16.1. The average Bonchev–Trinajstić information content (AvgIpc) is 0.854. The molecule has 12 rings (SSSR count). The molecule has 94 heavy (non-hydrogen) atoms. The maximum absolute atomic E-state index is 15.7. The number of rotatable bonds is 13. The molecule has 490 valence electrons. The molecule has 13 bridgehead atoms. The second kappa shape index (κ2) is 29.0. The van der Waals surface area contributed by atoms with Gasteiger partial charge in [-0.15, -0.1) is 0 Å². The minimum atomic E-state index is -2.15. The number of aliphatic hydroxyl groups excluding tert-OH is 1. The van der Waals surface area contributed by atoms with Gasteiger partial charge in [-0.25, -0.2) is 0 Å². The Hall–Kier alpha value is -10.6. The lowest BCUT2D eigenvalue weighted by molar-refractivity contribution is -0.137. The van der Waals surface area contributed by atoms with Crippen LogP contribution in [0.4, 0.5) is 0 Å². The largest absolute Gasteiger partial charge is 0.508 e. The van der Waals surface area contributed by atoms with Gasteiger partial charge in [0.25, 0.3) is 0 Å². The van der Waals surface area contributed by atoms with Crippen LogP contribution >= 0.6 is 23.2 Å². The van der Waals surface area contributed by atoms with Crippen LogP contribution in [0.5, 0.6) is 69.0 Å². The standard InChI is InChI=1S/C65H64Cl2N10O17/c66-42-18-30-4-12-46(42)93-49-26-36-27-50(58(49)84)94-47-13-8-33(24-43(47)67)57(83)56(65(91)75-53(34-20-38(79)28-39(80)21-34)61(87)71-17-2-1-15-70-16-3-14-68)77-62(88)52(31-5-9-37(78)10-6-31)74-64(90)55(36)76-63(89)54-35-22-40(81)29-41(23-35)92-48-25-32(7-11-45(48)82)51(69)60(86)72-44(19-30)59(85)73-54/h4-13,18,20-29,44,51-57,70,78-84H,1-3,14-17,19,68-69H2,(H,71,87)(H,72,86)(H,73,85)(H,74,90)(H,75,91)(H,76,89)(H,77,88). The smallest absolute Gasteiger partial charge is 0.248 e. The first-order chi connectivity index (χ1) is 45.0. The summed E-state index contributed by atoms with van der Waals surface area (Å²) in [6, 6.07) is 12.2. The minimum Gasteiger partial charge on any atom is -0.508 e. The highest BCUT2D eigenvalue weighted by Gasteiger charge is 2.40. The molecule has 0 spiro atoms. The number of aromatic hydroxyl groups is 6. The first-order valence-electron chi connectivity index (χ1n) is 29.4. The average molecular weight is 1330 g/mol. The molecule has 29 heteroatoms. The van der Waals surface area contributed by atoms with Gasteiger partial charge in [-0.05, 0) is 163 Å². The van der Waals surface area contributed by atoms with Gasteiger partial charge in [0.15, 0.2) is 23.0 Å². The molecule has 5 aliphatic rings. The lowest BCUT2D eigenvalue weighted by Crippen LogP contribution is -2.55. The fraction of sp³-hybridized carbons (Fsp3) is 0.246. The number of benzene rings is 7. The molecule has 0 aromatic heterocycles. The molecular formula is C65H64Cl2N10O17. The zero-order chi connectivity index (χ0) is 67.1. The number of aliphatic hydroxyl groups is 1. The molecule has 7 aromatic rings. The summed E-state index contributed by atoms with van der Waals surface area (Å²) in [5, 5.41) is 99.4. The Kier molecular flexibility index (Phi) is 20.4. The van der Waals surface area contributed by atoms with Crippen molar-refractivity contribution in [2.45, 2.75) is 74.1 Å². The van der Waals surface area contributed by atoms with Crippen LogP contribution in [0.3, 0.4) is 0 Å². The summed E-state index contributed by atoms with van der Waals surface area (Å²) in [5.74, 6) is -12.6. The number of phenolic OH excluding ortho intramolecular Hbond substituents is 6. The number of amides is 7. The number of hydrogen-bond donors (Lipinski definition) is 17. The third-order valence-electron chi connectivity index (χ3n) is 15.5. The Morgan fingerprint density at radius 1 is 0.532 bits per heavy atom. The Labute approximate surface area is 545 Å². The molecule has 7 amide bonds. The summed E-state index contributed by atoms with van der Waals surface area (Å²) in [7, 11) is 0. The van der Waals surface area contributed by atoms with Gasteiger partial charge in [0.1, 0.15) is 88.6 Å². The summed E-state index contributed by atoms with van der Waals surface area (Å²) in [6.07, 6.45) is -0.583. The topological polar surface area (TPSA) is 437 Å². The number of unbranched alkanes of at least 4 members (excludes halogenated alkanes) is 1.